The molecule has 0 unspecified atom stereocenters. The molecule has 0 saturated carbocycles. The molecule has 0 aliphatic carbocycles. The summed E-state index contributed by atoms with van der Waals surface area (Å²) in [6, 6.07) is 0. The van der Waals surface area contributed by atoms with Gasteiger partial charge < -0.3 is 19.7 Å². The zero-order valence-corrected chi connectivity index (χ0v) is 15.0. The van der Waals surface area contributed by atoms with Crippen LogP contribution in [0.2, 0.25) is 0 Å². The van der Waals surface area contributed by atoms with Crippen molar-refractivity contribution in [1.29, 1.82) is 0 Å². The monoisotopic (exact) mass is 348 g/mol. The summed E-state index contributed by atoms with van der Waals surface area (Å²) in [6.07, 6.45) is 3.10. The van der Waals surface area contributed by atoms with Gasteiger partial charge in [0.2, 0.25) is 0 Å². The van der Waals surface area contributed by atoms with Crippen molar-refractivity contribution in [2.24, 2.45) is 0 Å². The second kappa shape index (κ2) is 16.5. The van der Waals surface area contributed by atoms with Gasteiger partial charge in [-0.25, -0.2) is 9.59 Å². The second-order valence-corrected chi connectivity index (χ2v) is 3.43. The summed E-state index contributed by atoms with van der Waals surface area (Å²) >= 11 is 0. The molecule has 0 saturated heterocycles. The van der Waals surface area contributed by atoms with Crippen LogP contribution in [0.4, 0.5) is 0 Å². The van der Waals surface area contributed by atoms with Crippen molar-refractivity contribution >= 4 is 11.9 Å². The van der Waals surface area contributed by atoms with Gasteiger partial charge in [0.05, 0.1) is 37.6 Å². The summed E-state index contributed by atoms with van der Waals surface area (Å²) in [5.41, 5.74) is 0.115. The SMILES string of the molecule is C=CCOCC(=C)C(=O)O.C=CCOCC(=C)C(=O)O.[Zn]. The summed E-state index contributed by atoms with van der Waals surface area (Å²) in [6.45, 7) is 14.2. The van der Waals surface area contributed by atoms with Crippen molar-refractivity contribution in [3.8, 4) is 0 Å². The Bertz CT molecular complexity index is 340. The molecule has 0 rings (SSSR count). The molecule has 0 aromatic heterocycles. The van der Waals surface area contributed by atoms with E-state index in [1.54, 1.807) is 12.2 Å². The minimum Gasteiger partial charge on any atom is -0.478 e. The van der Waals surface area contributed by atoms with Gasteiger partial charge in [0.25, 0.3) is 0 Å². The van der Waals surface area contributed by atoms with Gasteiger partial charge in [-0.2, -0.15) is 0 Å². The molecule has 0 aliphatic rings. The molecule has 0 atom stereocenters. The summed E-state index contributed by atoms with van der Waals surface area (Å²) in [4.78, 5) is 20.2. The van der Waals surface area contributed by atoms with Crippen molar-refractivity contribution in [2.75, 3.05) is 26.4 Å². The average molecular weight is 350 g/mol. The van der Waals surface area contributed by atoms with Crippen LogP contribution in [0.25, 0.3) is 0 Å². The van der Waals surface area contributed by atoms with Crippen LogP contribution in [0.15, 0.2) is 49.6 Å². The van der Waals surface area contributed by atoms with E-state index in [9.17, 15) is 9.59 Å². The van der Waals surface area contributed by atoms with Crippen molar-refractivity contribution in [1.82, 2.24) is 0 Å². The van der Waals surface area contributed by atoms with Crippen LogP contribution in [-0.2, 0) is 38.5 Å². The summed E-state index contributed by atoms with van der Waals surface area (Å²) in [7, 11) is 0. The third kappa shape index (κ3) is 18.4. The summed E-state index contributed by atoms with van der Waals surface area (Å²) < 4.78 is 9.61. The molecule has 0 aliphatic heterocycles. The van der Waals surface area contributed by atoms with Crippen molar-refractivity contribution < 1.29 is 48.8 Å². The van der Waals surface area contributed by atoms with E-state index in [1.165, 1.54) is 0 Å². The molecule has 0 heterocycles. The van der Waals surface area contributed by atoms with Crippen molar-refractivity contribution in [3.63, 3.8) is 0 Å². The maximum absolute atomic E-state index is 10.1. The van der Waals surface area contributed by atoms with Crippen LogP contribution in [-0.4, -0.2) is 48.6 Å². The van der Waals surface area contributed by atoms with Crippen LogP contribution < -0.4 is 0 Å². The van der Waals surface area contributed by atoms with Gasteiger partial charge in [0, 0.05) is 19.5 Å². The fourth-order valence-electron chi connectivity index (χ4n) is 0.654. The van der Waals surface area contributed by atoms with E-state index in [-0.39, 0.29) is 43.8 Å². The van der Waals surface area contributed by atoms with Crippen LogP contribution in [0.3, 0.4) is 0 Å². The minimum absolute atomic E-state index is 0. The number of carbonyl (C=O) groups is 2. The van der Waals surface area contributed by atoms with Gasteiger partial charge in [-0.3, -0.25) is 0 Å². The van der Waals surface area contributed by atoms with Crippen LogP contribution >= 0.6 is 0 Å². The topological polar surface area (TPSA) is 93.1 Å². The zero-order chi connectivity index (χ0) is 16.0. The summed E-state index contributed by atoms with van der Waals surface area (Å²) in [5, 5.41) is 16.6. The number of carboxylic acid groups (broad SMARTS) is 2. The summed E-state index contributed by atoms with van der Waals surface area (Å²) in [5.74, 6) is -2.05. The van der Waals surface area contributed by atoms with E-state index in [2.05, 4.69) is 26.3 Å². The Kier molecular flexibility index (Phi) is 19.2. The Hall–Kier alpha value is -1.56. The average Bonchev–Trinajstić information content (AvgIpc) is 2.39. The fourth-order valence-corrected chi connectivity index (χ4v) is 0.654. The molecule has 0 bridgehead atoms. The normalized spacial score (nSPS) is 8.38. The molecular weight excluding hydrogens is 330 g/mol. The first-order chi connectivity index (χ1) is 9.36. The van der Waals surface area contributed by atoms with Gasteiger partial charge in [-0.1, -0.05) is 25.3 Å². The molecule has 0 fully saturated rings. The number of ether oxygens (including phenoxy) is 2. The molecular formula is C14H20O6Zn. The predicted molar refractivity (Wildman–Crippen MR) is 75.6 cm³/mol. The Morgan fingerprint density at radius 2 is 1.14 bits per heavy atom. The van der Waals surface area contributed by atoms with E-state index < -0.39 is 11.9 Å². The maximum atomic E-state index is 10.1. The maximum Gasteiger partial charge on any atom is 0.333 e. The van der Waals surface area contributed by atoms with E-state index in [1.807, 2.05) is 0 Å². The first-order valence-corrected chi connectivity index (χ1v) is 5.56. The van der Waals surface area contributed by atoms with Gasteiger partial charge in [0.1, 0.15) is 0 Å². The van der Waals surface area contributed by atoms with Gasteiger partial charge >= 0.3 is 11.9 Å². The molecule has 0 aromatic rings. The molecule has 7 heteroatoms. The Labute approximate surface area is 137 Å². The fraction of sp³-hybridized carbons (Fsp3) is 0.286. The van der Waals surface area contributed by atoms with E-state index in [0.29, 0.717) is 13.2 Å². The third-order valence-electron chi connectivity index (χ3n) is 1.63. The number of hydrogen-bond donors (Lipinski definition) is 2. The molecule has 0 radical (unpaired) electrons. The Morgan fingerprint density at radius 1 is 0.857 bits per heavy atom. The van der Waals surface area contributed by atoms with E-state index in [4.69, 9.17) is 19.7 Å². The molecule has 0 aromatic carbocycles. The smallest absolute Gasteiger partial charge is 0.333 e. The molecule has 0 amide bonds. The molecule has 0 spiro atoms. The van der Waals surface area contributed by atoms with E-state index in [0.717, 1.165) is 0 Å². The number of aliphatic carboxylic acids is 2. The largest absolute Gasteiger partial charge is 0.478 e. The van der Waals surface area contributed by atoms with Gasteiger partial charge in [-0.15, -0.1) is 13.2 Å². The standard InChI is InChI=1S/2C7H10O3.Zn/c2*1-3-4-10-5-6(2)7(8)9;/h2*3H,1-2,4-5H2,(H,8,9);. The quantitative estimate of drug-likeness (QED) is 0.270. The van der Waals surface area contributed by atoms with Gasteiger partial charge in [-0.05, 0) is 0 Å². The Morgan fingerprint density at radius 3 is 1.33 bits per heavy atom. The minimum atomic E-state index is -1.02. The van der Waals surface area contributed by atoms with Crippen molar-refractivity contribution in [2.45, 2.75) is 0 Å². The molecule has 2 N–H and O–H groups in total. The number of carboxylic acids is 2. The second-order valence-electron chi connectivity index (χ2n) is 3.43. The van der Waals surface area contributed by atoms with Crippen LogP contribution in [0, 0.1) is 0 Å². The molecule has 114 valence electrons. The Balaban J connectivity index is -0.000000295. The van der Waals surface area contributed by atoms with Crippen molar-refractivity contribution in [3.05, 3.63) is 49.6 Å². The first kappa shape index (κ1) is 24.5. The third-order valence-corrected chi connectivity index (χ3v) is 1.63. The van der Waals surface area contributed by atoms with E-state index >= 15 is 0 Å². The van der Waals surface area contributed by atoms with Crippen LogP contribution in [0.1, 0.15) is 0 Å². The van der Waals surface area contributed by atoms with Crippen LogP contribution in [0.5, 0.6) is 0 Å². The van der Waals surface area contributed by atoms with Gasteiger partial charge in [0.15, 0.2) is 0 Å². The number of hydrogen-bond acceptors (Lipinski definition) is 4. The zero-order valence-electron chi connectivity index (χ0n) is 12.0. The number of rotatable bonds is 10. The molecule has 21 heavy (non-hydrogen) atoms. The predicted octanol–water partition coefficient (Wildman–Crippen LogP) is 1.66. The first-order valence-electron chi connectivity index (χ1n) is 5.56. The molecule has 6 nitrogen and oxygen atoms in total.